The number of hydrogen-bond donors (Lipinski definition) is 2. The fraction of sp³-hybridized carbons (Fsp3) is 0.458. The van der Waals surface area contributed by atoms with Crippen molar-refractivity contribution in [2.45, 2.75) is 45.3 Å². The molecule has 0 saturated carbocycles. The van der Waals surface area contributed by atoms with Crippen LogP contribution in [0.5, 0.6) is 0 Å². The lowest BCUT2D eigenvalue weighted by atomic mass is 9.98. The Kier molecular flexibility index (Phi) is 4.60. The number of aryl methyl sites for hydroxylation is 2. The monoisotopic (exact) mass is 390 g/mol. The Bertz CT molecular complexity index is 1060. The fourth-order valence-corrected chi connectivity index (χ4v) is 5.42. The van der Waals surface area contributed by atoms with E-state index in [1.807, 2.05) is 6.07 Å². The van der Waals surface area contributed by atoms with Crippen LogP contribution in [-0.4, -0.2) is 45.3 Å². The standard InChI is InChI=1S/C24H30N4O/c1-15-3-6-22-21(9-15)26-16(2)28(22)23-7-8-27(14-24(23)29)13-17-10-18-4-5-20(25)12-19(18)11-17/h3-6,9,12,17,23-24,29H,7-8,10-11,13-14,25H2,1-2H3/t17?,23?,24-/m0/s1. The Morgan fingerprint density at radius 3 is 2.76 bits per heavy atom. The second-order valence-electron chi connectivity index (χ2n) is 9.01. The van der Waals surface area contributed by atoms with Gasteiger partial charge < -0.3 is 20.3 Å². The van der Waals surface area contributed by atoms with Crippen LogP contribution < -0.4 is 5.73 Å². The molecule has 5 nitrogen and oxygen atoms in total. The number of nitrogen functional groups attached to an aromatic ring is 1. The number of β-amino-alcohol motifs (C(OH)–C–C–N with tert-alkyl or cyclic N) is 1. The summed E-state index contributed by atoms with van der Waals surface area (Å²) in [5.41, 5.74) is 13.0. The van der Waals surface area contributed by atoms with Crippen LogP contribution in [0, 0.1) is 19.8 Å². The Morgan fingerprint density at radius 2 is 1.93 bits per heavy atom. The second-order valence-corrected chi connectivity index (χ2v) is 9.01. The molecule has 1 saturated heterocycles. The molecule has 152 valence electrons. The van der Waals surface area contributed by atoms with Crippen molar-refractivity contribution in [1.82, 2.24) is 14.5 Å². The molecule has 3 N–H and O–H groups in total. The van der Waals surface area contributed by atoms with Gasteiger partial charge in [-0.1, -0.05) is 12.1 Å². The van der Waals surface area contributed by atoms with Gasteiger partial charge in [0.05, 0.1) is 23.2 Å². The summed E-state index contributed by atoms with van der Waals surface area (Å²) in [6.45, 7) is 6.93. The molecule has 5 heteroatoms. The van der Waals surface area contributed by atoms with Gasteiger partial charge in [-0.3, -0.25) is 0 Å². The van der Waals surface area contributed by atoms with E-state index in [1.165, 1.54) is 16.7 Å². The predicted octanol–water partition coefficient (Wildman–Crippen LogP) is 3.26. The number of likely N-dealkylation sites (tertiary alicyclic amines) is 1. The summed E-state index contributed by atoms with van der Waals surface area (Å²) in [7, 11) is 0. The number of fused-ring (bicyclic) bond motifs is 2. The molecule has 0 radical (unpaired) electrons. The van der Waals surface area contributed by atoms with Crippen LogP contribution in [0.15, 0.2) is 36.4 Å². The number of benzene rings is 2. The predicted molar refractivity (Wildman–Crippen MR) is 117 cm³/mol. The van der Waals surface area contributed by atoms with Crippen molar-refractivity contribution in [2.24, 2.45) is 5.92 Å². The lowest BCUT2D eigenvalue weighted by Crippen LogP contribution is -2.46. The minimum atomic E-state index is -0.374. The van der Waals surface area contributed by atoms with Crippen LogP contribution in [0.1, 0.15) is 35.0 Å². The highest BCUT2D eigenvalue weighted by Crippen LogP contribution is 2.32. The van der Waals surface area contributed by atoms with Gasteiger partial charge in [-0.15, -0.1) is 0 Å². The molecule has 0 spiro atoms. The number of nitrogens with two attached hydrogens (primary N) is 1. The van der Waals surface area contributed by atoms with Gasteiger partial charge in [-0.25, -0.2) is 4.98 Å². The summed E-state index contributed by atoms with van der Waals surface area (Å²) in [4.78, 5) is 7.19. The fourth-order valence-electron chi connectivity index (χ4n) is 5.42. The van der Waals surface area contributed by atoms with Gasteiger partial charge >= 0.3 is 0 Å². The number of aliphatic hydroxyl groups excluding tert-OH is 1. The number of anilines is 1. The zero-order chi connectivity index (χ0) is 20.1. The van der Waals surface area contributed by atoms with E-state index in [-0.39, 0.29) is 12.1 Å². The Balaban J connectivity index is 1.28. The van der Waals surface area contributed by atoms with E-state index < -0.39 is 0 Å². The number of aromatic nitrogens is 2. The quantitative estimate of drug-likeness (QED) is 0.674. The first kappa shape index (κ1) is 18.6. The van der Waals surface area contributed by atoms with E-state index in [4.69, 9.17) is 10.7 Å². The van der Waals surface area contributed by atoms with Crippen LogP contribution >= 0.6 is 0 Å². The van der Waals surface area contributed by atoms with Gasteiger partial charge in [0.1, 0.15) is 5.82 Å². The average Bonchev–Trinajstić information content (AvgIpc) is 3.20. The summed E-state index contributed by atoms with van der Waals surface area (Å²) in [6, 6.07) is 12.8. The van der Waals surface area contributed by atoms with E-state index in [0.717, 1.165) is 61.4 Å². The van der Waals surface area contributed by atoms with E-state index >= 15 is 0 Å². The van der Waals surface area contributed by atoms with Crippen molar-refractivity contribution in [3.63, 3.8) is 0 Å². The molecule has 1 aliphatic carbocycles. The summed E-state index contributed by atoms with van der Waals surface area (Å²) >= 11 is 0. The number of aliphatic hydroxyl groups is 1. The number of hydrogen-bond acceptors (Lipinski definition) is 4. The second kappa shape index (κ2) is 7.15. The Hall–Kier alpha value is -2.37. The molecule has 2 unspecified atom stereocenters. The van der Waals surface area contributed by atoms with Gasteiger partial charge in [0.25, 0.3) is 0 Å². The van der Waals surface area contributed by atoms with Gasteiger partial charge in [0, 0.05) is 25.3 Å². The highest BCUT2D eigenvalue weighted by Gasteiger charge is 2.33. The highest BCUT2D eigenvalue weighted by molar-refractivity contribution is 5.77. The maximum absolute atomic E-state index is 11.0. The van der Waals surface area contributed by atoms with E-state index in [9.17, 15) is 5.11 Å². The zero-order valence-corrected chi connectivity index (χ0v) is 17.3. The molecule has 5 rings (SSSR count). The first-order valence-corrected chi connectivity index (χ1v) is 10.7. The smallest absolute Gasteiger partial charge is 0.107 e. The molecular formula is C24H30N4O. The summed E-state index contributed by atoms with van der Waals surface area (Å²) < 4.78 is 2.25. The lowest BCUT2D eigenvalue weighted by Gasteiger charge is -2.38. The first-order chi connectivity index (χ1) is 14.0. The van der Waals surface area contributed by atoms with E-state index in [2.05, 4.69) is 53.6 Å². The molecule has 0 bridgehead atoms. The van der Waals surface area contributed by atoms with Gasteiger partial charge in [0.2, 0.25) is 0 Å². The normalized spacial score (nSPS) is 24.9. The molecule has 3 aromatic rings. The third kappa shape index (κ3) is 3.43. The number of piperidine rings is 1. The maximum atomic E-state index is 11.0. The van der Waals surface area contributed by atoms with Crippen molar-refractivity contribution >= 4 is 16.7 Å². The Labute approximate surface area is 172 Å². The maximum Gasteiger partial charge on any atom is 0.107 e. The topological polar surface area (TPSA) is 67.3 Å². The Morgan fingerprint density at radius 1 is 1.10 bits per heavy atom. The summed E-state index contributed by atoms with van der Waals surface area (Å²) in [5.74, 6) is 1.61. The van der Waals surface area contributed by atoms with Crippen LogP contribution in [0.25, 0.3) is 11.0 Å². The van der Waals surface area contributed by atoms with E-state index in [0.29, 0.717) is 5.92 Å². The average molecular weight is 391 g/mol. The third-order valence-electron chi connectivity index (χ3n) is 6.75. The van der Waals surface area contributed by atoms with Crippen LogP contribution in [0.4, 0.5) is 5.69 Å². The molecule has 2 aliphatic rings. The number of imidazole rings is 1. The van der Waals surface area contributed by atoms with Crippen molar-refractivity contribution in [2.75, 3.05) is 25.4 Å². The molecular weight excluding hydrogens is 360 g/mol. The van der Waals surface area contributed by atoms with Crippen LogP contribution in [0.3, 0.4) is 0 Å². The molecule has 2 aromatic carbocycles. The van der Waals surface area contributed by atoms with Gasteiger partial charge in [0.15, 0.2) is 0 Å². The largest absolute Gasteiger partial charge is 0.399 e. The van der Waals surface area contributed by atoms with Crippen LogP contribution in [0.2, 0.25) is 0 Å². The van der Waals surface area contributed by atoms with Crippen molar-refractivity contribution in [3.05, 3.63) is 58.9 Å². The first-order valence-electron chi connectivity index (χ1n) is 10.7. The molecule has 1 aliphatic heterocycles. The molecule has 3 atom stereocenters. The third-order valence-corrected chi connectivity index (χ3v) is 6.75. The van der Waals surface area contributed by atoms with Crippen molar-refractivity contribution in [3.8, 4) is 0 Å². The number of nitrogens with zero attached hydrogens (tertiary/aromatic N) is 3. The van der Waals surface area contributed by atoms with Crippen molar-refractivity contribution in [1.29, 1.82) is 0 Å². The zero-order valence-electron chi connectivity index (χ0n) is 17.3. The molecule has 1 aromatic heterocycles. The summed E-state index contributed by atoms with van der Waals surface area (Å²) in [5, 5.41) is 11.0. The lowest BCUT2D eigenvalue weighted by molar-refractivity contribution is 0.0223. The minimum absolute atomic E-state index is 0.0968. The number of rotatable bonds is 3. The van der Waals surface area contributed by atoms with Crippen LogP contribution in [-0.2, 0) is 12.8 Å². The summed E-state index contributed by atoms with van der Waals surface area (Å²) in [6.07, 6.45) is 2.80. The molecule has 2 heterocycles. The highest BCUT2D eigenvalue weighted by atomic mass is 16.3. The van der Waals surface area contributed by atoms with Gasteiger partial charge in [-0.05, 0) is 80.0 Å². The minimum Gasteiger partial charge on any atom is -0.399 e. The molecule has 29 heavy (non-hydrogen) atoms. The molecule has 1 fully saturated rings. The SMILES string of the molecule is Cc1ccc2c(c1)nc(C)n2C1CCN(CC2Cc3ccc(N)cc3C2)C[C@@H]1O. The van der Waals surface area contributed by atoms with Crippen molar-refractivity contribution < 1.29 is 5.11 Å². The van der Waals surface area contributed by atoms with Gasteiger partial charge in [-0.2, -0.15) is 0 Å². The van der Waals surface area contributed by atoms with E-state index in [1.54, 1.807) is 0 Å². The molecule has 0 amide bonds.